The van der Waals surface area contributed by atoms with Gasteiger partial charge in [0.2, 0.25) is 0 Å². The van der Waals surface area contributed by atoms with Crippen molar-refractivity contribution in [2.75, 3.05) is 19.7 Å². The molecule has 7 heteroatoms. The van der Waals surface area contributed by atoms with Crippen molar-refractivity contribution in [3.8, 4) is 0 Å². The van der Waals surface area contributed by atoms with Gasteiger partial charge in [0, 0.05) is 38.1 Å². The summed E-state index contributed by atoms with van der Waals surface area (Å²) < 4.78 is 28.7. The summed E-state index contributed by atoms with van der Waals surface area (Å²) in [4.78, 5) is 3.92. The smallest absolute Gasteiger partial charge is 0.279 e. The Morgan fingerprint density at radius 3 is 2.55 bits per heavy atom. The largest absolute Gasteiger partial charge is 0.396 e. The molecule has 0 amide bonds. The lowest BCUT2D eigenvalue weighted by atomic mass is 10.00. The Morgan fingerprint density at radius 1 is 1.40 bits per heavy atom. The van der Waals surface area contributed by atoms with Crippen LogP contribution in [0.25, 0.3) is 0 Å². The number of rotatable bonds is 5. The molecule has 1 aromatic rings. The van der Waals surface area contributed by atoms with Gasteiger partial charge in [-0.25, -0.2) is 0 Å². The summed E-state index contributed by atoms with van der Waals surface area (Å²) in [7, 11) is -3.48. The first-order valence-corrected chi connectivity index (χ1v) is 8.25. The van der Waals surface area contributed by atoms with Crippen LogP contribution in [-0.4, -0.2) is 42.5 Å². The minimum absolute atomic E-state index is 0.134. The number of aromatic nitrogens is 1. The van der Waals surface area contributed by atoms with E-state index in [2.05, 4.69) is 9.71 Å². The maximum Gasteiger partial charge on any atom is 0.279 e. The molecule has 1 aliphatic rings. The van der Waals surface area contributed by atoms with Crippen molar-refractivity contribution in [2.24, 2.45) is 5.92 Å². The highest BCUT2D eigenvalue weighted by molar-refractivity contribution is 7.87. The SMILES string of the molecule is CC(NS(=O)(=O)N1CCC(CO)CC1)c1ccncc1. The molecule has 1 fully saturated rings. The van der Waals surface area contributed by atoms with E-state index in [0.29, 0.717) is 25.9 Å². The number of hydrogen-bond acceptors (Lipinski definition) is 4. The van der Waals surface area contributed by atoms with Crippen LogP contribution in [0.4, 0.5) is 0 Å². The van der Waals surface area contributed by atoms with Crippen LogP contribution in [0, 0.1) is 5.92 Å². The van der Waals surface area contributed by atoms with E-state index in [4.69, 9.17) is 5.11 Å². The van der Waals surface area contributed by atoms with Gasteiger partial charge in [0.25, 0.3) is 10.2 Å². The molecular weight excluding hydrogens is 278 g/mol. The standard InChI is InChI=1S/C13H21N3O3S/c1-11(13-2-6-14-7-3-13)15-20(18,19)16-8-4-12(10-17)5-9-16/h2-3,6-7,11-12,15,17H,4-5,8-10H2,1H3. The predicted octanol–water partition coefficient (Wildman–Crippen LogP) is 0.681. The number of aliphatic hydroxyl groups excluding tert-OH is 1. The summed E-state index contributed by atoms with van der Waals surface area (Å²) in [5, 5.41) is 9.08. The van der Waals surface area contributed by atoms with Crippen LogP contribution in [0.3, 0.4) is 0 Å². The molecule has 1 aliphatic heterocycles. The van der Waals surface area contributed by atoms with Crippen molar-refractivity contribution >= 4 is 10.2 Å². The van der Waals surface area contributed by atoms with Gasteiger partial charge in [0.1, 0.15) is 0 Å². The molecule has 0 bridgehead atoms. The van der Waals surface area contributed by atoms with E-state index in [1.165, 1.54) is 4.31 Å². The molecule has 2 heterocycles. The van der Waals surface area contributed by atoms with Crippen molar-refractivity contribution in [3.05, 3.63) is 30.1 Å². The fraction of sp³-hybridized carbons (Fsp3) is 0.615. The summed E-state index contributed by atoms with van der Waals surface area (Å²) in [6, 6.07) is 3.30. The lowest BCUT2D eigenvalue weighted by molar-refractivity contribution is 0.169. The van der Waals surface area contributed by atoms with Crippen LogP contribution in [0.2, 0.25) is 0 Å². The maximum atomic E-state index is 12.3. The van der Waals surface area contributed by atoms with Gasteiger partial charge in [0.15, 0.2) is 0 Å². The molecule has 20 heavy (non-hydrogen) atoms. The normalized spacial score (nSPS) is 19.9. The van der Waals surface area contributed by atoms with Crippen LogP contribution in [0.5, 0.6) is 0 Å². The first-order chi connectivity index (χ1) is 9.53. The zero-order valence-corrected chi connectivity index (χ0v) is 12.4. The Hall–Kier alpha value is -1.02. The van der Waals surface area contributed by atoms with Gasteiger partial charge in [-0.15, -0.1) is 0 Å². The minimum atomic E-state index is -3.48. The zero-order valence-electron chi connectivity index (χ0n) is 11.6. The van der Waals surface area contributed by atoms with E-state index >= 15 is 0 Å². The van der Waals surface area contributed by atoms with Gasteiger partial charge in [-0.2, -0.15) is 17.4 Å². The van der Waals surface area contributed by atoms with Crippen molar-refractivity contribution in [1.29, 1.82) is 0 Å². The van der Waals surface area contributed by atoms with Crippen LogP contribution in [0.1, 0.15) is 31.4 Å². The average molecular weight is 299 g/mol. The molecule has 2 N–H and O–H groups in total. The number of aliphatic hydroxyl groups is 1. The fourth-order valence-corrected chi connectivity index (χ4v) is 3.77. The molecule has 112 valence electrons. The topological polar surface area (TPSA) is 82.5 Å². The van der Waals surface area contributed by atoms with E-state index in [-0.39, 0.29) is 18.6 Å². The first kappa shape index (κ1) is 15.4. The van der Waals surface area contributed by atoms with Gasteiger partial charge in [-0.3, -0.25) is 4.98 Å². The molecule has 0 aromatic carbocycles. The second-order valence-corrected chi connectivity index (χ2v) is 6.85. The van der Waals surface area contributed by atoms with Gasteiger partial charge >= 0.3 is 0 Å². The monoisotopic (exact) mass is 299 g/mol. The molecule has 0 spiro atoms. The zero-order chi connectivity index (χ0) is 14.6. The summed E-state index contributed by atoms with van der Waals surface area (Å²) >= 11 is 0. The highest BCUT2D eigenvalue weighted by Crippen LogP contribution is 2.20. The van der Waals surface area contributed by atoms with Crippen LogP contribution in [0.15, 0.2) is 24.5 Å². The molecule has 0 radical (unpaired) electrons. The maximum absolute atomic E-state index is 12.3. The first-order valence-electron chi connectivity index (χ1n) is 6.81. The van der Waals surface area contributed by atoms with Crippen molar-refractivity contribution < 1.29 is 13.5 Å². The third-order valence-corrected chi connectivity index (χ3v) is 5.40. The van der Waals surface area contributed by atoms with Crippen LogP contribution in [-0.2, 0) is 10.2 Å². The molecule has 0 aliphatic carbocycles. The summed E-state index contributed by atoms with van der Waals surface area (Å²) in [5.74, 6) is 0.221. The molecule has 1 saturated heterocycles. The Balaban J connectivity index is 1.98. The third-order valence-electron chi connectivity index (χ3n) is 3.70. The van der Waals surface area contributed by atoms with Crippen LogP contribution < -0.4 is 4.72 Å². The Kier molecular flexibility index (Phi) is 5.09. The quantitative estimate of drug-likeness (QED) is 0.837. The number of piperidine rings is 1. The van der Waals surface area contributed by atoms with Crippen molar-refractivity contribution in [2.45, 2.75) is 25.8 Å². The second-order valence-electron chi connectivity index (χ2n) is 5.15. The Labute approximate surface area is 120 Å². The number of nitrogens with zero attached hydrogens (tertiary/aromatic N) is 2. The van der Waals surface area contributed by atoms with Crippen molar-refractivity contribution in [3.63, 3.8) is 0 Å². The lowest BCUT2D eigenvalue weighted by Crippen LogP contribution is -2.46. The molecular formula is C13H21N3O3S. The number of pyridine rings is 1. The van der Waals surface area contributed by atoms with Gasteiger partial charge in [-0.05, 0) is 43.4 Å². The van der Waals surface area contributed by atoms with Crippen molar-refractivity contribution in [1.82, 2.24) is 14.0 Å². The van der Waals surface area contributed by atoms with Gasteiger partial charge < -0.3 is 5.11 Å². The molecule has 1 atom stereocenters. The van der Waals surface area contributed by atoms with E-state index < -0.39 is 10.2 Å². The third kappa shape index (κ3) is 3.76. The minimum Gasteiger partial charge on any atom is -0.396 e. The lowest BCUT2D eigenvalue weighted by Gasteiger charge is -2.31. The molecule has 1 unspecified atom stereocenters. The summed E-state index contributed by atoms with van der Waals surface area (Å²) in [5.41, 5.74) is 0.883. The number of nitrogens with one attached hydrogen (secondary N) is 1. The van der Waals surface area contributed by atoms with Gasteiger partial charge in [0.05, 0.1) is 0 Å². The van der Waals surface area contributed by atoms with E-state index in [1.807, 2.05) is 6.92 Å². The molecule has 6 nitrogen and oxygen atoms in total. The predicted molar refractivity (Wildman–Crippen MR) is 76.1 cm³/mol. The summed E-state index contributed by atoms with van der Waals surface area (Å²) in [6.07, 6.45) is 4.71. The molecule has 2 rings (SSSR count). The highest BCUT2D eigenvalue weighted by atomic mass is 32.2. The van der Waals surface area contributed by atoms with E-state index in [0.717, 1.165) is 5.56 Å². The Bertz CT molecular complexity index is 513. The van der Waals surface area contributed by atoms with Crippen LogP contribution >= 0.6 is 0 Å². The van der Waals surface area contributed by atoms with E-state index in [1.54, 1.807) is 24.5 Å². The Morgan fingerprint density at radius 2 is 2.00 bits per heavy atom. The highest BCUT2D eigenvalue weighted by Gasteiger charge is 2.28. The second kappa shape index (κ2) is 6.62. The number of hydrogen-bond donors (Lipinski definition) is 2. The average Bonchev–Trinajstić information content (AvgIpc) is 2.48. The van der Waals surface area contributed by atoms with E-state index in [9.17, 15) is 8.42 Å². The molecule has 1 aromatic heterocycles. The summed E-state index contributed by atoms with van der Waals surface area (Å²) in [6.45, 7) is 2.87. The molecule has 0 saturated carbocycles. The van der Waals surface area contributed by atoms with Gasteiger partial charge in [-0.1, -0.05) is 0 Å². The fourth-order valence-electron chi connectivity index (χ4n) is 2.35.